The van der Waals surface area contributed by atoms with Gasteiger partial charge in [0.05, 0.1) is 0 Å². The molecule has 1 aromatic rings. The van der Waals surface area contributed by atoms with E-state index in [2.05, 4.69) is 26.5 Å². The summed E-state index contributed by atoms with van der Waals surface area (Å²) in [7, 11) is 0. The third-order valence-corrected chi connectivity index (χ3v) is 4.53. The van der Waals surface area contributed by atoms with Crippen molar-refractivity contribution >= 4 is 0 Å². The molecule has 1 aliphatic carbocycles. The molecule has 0 heterocycles. The van der Waals surface area contributed by atoms with Crippen molar-refractivity contribution in [3.05, 3.63) is 47.1 Å². The van der Waals surface area contributed by atoms with Crippen molar-refractivity contribution in [3.8, 4) is 11.5 Å². The van der Waals surface area contributed by atoms with Crippen LogP contribution in [0.3, 0.4) is 0 Å². The second-order valence-corrected chi connectivity index (χ2v) is 6.28. The van der Waals surface area contributed by atoms with Crippen LogP contribution in [-0.4, -0.2) is 10.2 Å². The first kappa shape index (κ1) is 15.7. The molecule has 0 unspecified atom stereocenters. The minimum Gasteiger partial charge on any atom is -0.508 e. The summed E-state index contributed by atoms with van der Waals surface area (Å²) in [6.07, 6.45) is 6.01. The Morgan fingerprint density at radius 1 is 1.33 bits per heavy atom. The molecule has 0 aromatic heterocycles. The average molecular weight is 286 g/mol. The molecule has 1 aromatic carbocycles. The first-order valence-electron chi connectivity index (χ1n) is 7.82. The average Bonchev–Trinajstić information content (AvgIpc) is 2.43. The van der Waals surface area contributed by atoms with Crippen molar-refractivity contribution < 1.29 is 10.2 Å². The molecule has 0 saturated heterocycles. The zero-order valence-electron chi connectivity index (χ0n) is 13.3. The fourth-order valence-corrected chi connectivity index (χ4v) is 3.34. The number of hydrogen-bond donors (Lipinski definition) is 2. The van der Waals surface area contributed by atoms with E-state index in [0.717, 1.165) is 30.4 Å². The van der Waals surface area contributed by atoms with Crippen molar-refractivity contribution in [2.75, 3.05) is 0 Å². The summed E-state index contributed by atoms with van der Waals surface area (Å²) in [5.41, 5.74) is 4.12. The van der Waals surface area contributed by atoms with Crippen LogP contribution in [0.1, 0.15) is 57.1 Å². The number of phenolic OH excluding ortho intramolecular Hbond substituents is 2. The molecular formula is C19H26O2. The van der Waals surface area contributed by atoms with Gasteiger partial charge in [0.15, 0.2) is 0 Å². The van der Waals surface area contributed by atoms with Gasteiger partial charge in [-0.2, -0.15) is 0 Å². The predicted molar refractivity (Wildman–Crippen MR) is 87.8 cm³/mol. The molecule has 0 spiro atoms. The first-order valence-corrected chi connectivity index (χ1v) is 7.82. The molecule has 21 heavy (non-hydrogen) atoms. The highest BCUT2D eigenvalue weighted by atomic mass is 16.3. The smallest absolute Gasteiger partial charge is 0.126 e. The first-order chi connectivity index (χ1) is 9.95. The largest absolute Gasteiger partial charge is 0.508 e. The summed E-state index contributed by atoms with van der Waals surface area (Å²) in [6.45, 7) is 10.4. The van der Waals surface area contributed by atoms with Crippen molar-refractivity contribution in [1.29, 1.82) is 0 Å². The van der Waals surface area contributed by atoms with Gasteiger partial charge in [-0.3, -0.25) is 0 Å². The van der Waals surface area contributed by atoms with E-state index in [0.29, 0.717) is 17.9 Å². The molecule has 2 N–H and O–H groups in total. The Hall–Kier alpha value is -1.70. The van der Waals surface area contributed by atoms with E-state index in [1.165, 1.54) is 5.57 Å². The molecule has 114 valence electrons. The Bertz CT molecular complexity index is 569. The molecule has 2 rings (SSSR count). The third kappa shape index (κ3) is 3.15. The maximum Gasteiger partial charge on any atom is 0.126 e. The Morgan fingerprint density at radius 2 is 2.05 bits per heavy atom. The highest BCUT2D eigenvalue weighted by Gasteiger charge is 2.28. The van der Waals surface area contributed by atoms with Crippen molar-refractivity contribution in [1.82, 2.24) is 0 Å². The monoisotopic (exact) mass is 286 g/mol. The van der Waals surface area contributed by atoms with Gasteiger partial charge < -0.3 is 10.2 Å². The van der Waals surface area contributed by atoms with Crippen LogP contribution in [0.25, 0.3) is 0 Å². The van der Waals surface area contributed by atoms with Crippen LogP contribution in [0.2, 0.25) is 0 Å². The molecule has 0 aliphatic heterocycles. The highest BCUT2D eigenvalue weighted by Crippen LogP contribution is 2.45. The lowest BCUT2D eigenvalue weighted by Gasteiger charge is -2.31. The molecule has 2 heteroatoms. The van der Waals surface area contributed by atoms with Gasteiger partial charge in [0, 0.05) is 17.0 Å². The van der Waals surface area contributed by atoms with Gasteiger partial charge in [0.1, 0.15) is 11.5 Å². The Morgan fingerprint density at radius 3 is 2.67 bits per heavy atom. The lowest BCUT2D eigenvalue weighted by Crippen LogP contribution is -2.17. The van der Waals surface area contributed by atoms with E-state index < -0.39 is 0 Å². The zero-order valence-corrected chi connectivity index (χ0v) is 13.3. The van der Waals surface area contributed by atoms with E-state index >= 15 is 0 Å². The fraction of sp³-hybridized carbons (Fsp3) is 0.474. The van der Waals surface area contributed by atoms with Crippen molar-refractivity contribution in [2.24, 2.45) is 5.92 Å². The summed E-state index contributed by atoms with van der Waals surface area (Å²) in [4.78, 5) is 0. The molecule has 1 aliphatic rings. The normalized spacial score (nSPS) is 22.0. The summed E-state index contributed by atoms with van der Waals surface area (Å²) < 4.78 is 0. The number of rotatable bonds is 4. The van der Waals surface area contributed by atoms with Gasteiger partial charge in [-0.05, 0) is 45.1 Å². The van der Waals surface area contributed by atoms with Gasteiger partial charge in [-0.1, -0.05) is 43.2 Å². The summed E-state index contributed by atoms with van der Waals surface area (Å²) >= 11 is 0. The zero-order chi connectivity index (χ0) is 15.6. The number of aromatic hydroxyl groups is 2. The van der Waals surface area contributed by atoms with Crippen LogP contribution in [-0.2, 0) is 6.42 Å². The number of allylic oxidation sites excluding steroid dienone is 3. The molecule has 0 saturated carbocycles. The number of benzene rings is 1. The summed E-state index contributed by atoms with van der Waals surface area (Å²) in [6, 6.07) is 3.58. The molecule has 0 fully saturated rings. The molecule has 0 amide bonds. The van der Waals surface area contributed by atoms with Crippen LogP contribution < -0.4 is 0 Å². The van der Waals surface area contributed by atoms with Gasteiger partial charge in [-0.25, -0.2) is 0 Å². The Balaban J connectivity index is 2.50. The third-order valence-electron chi connectivity index (χ3n) is 4.53. The van der Waals surface area contributed by atoms with Gasteiger partial charge in [-0.15, -0.1) is 0 Å². The predicted octanol–water partition coefficient (Wildman–Crippen LogP) is 5.07. The van der Waals surface area contributed by atoms with Crippen LogP contribution in [0.5, 0.6) is 11.5 Å². The van der Waals surface area contributed by atoms with Crippen LogP contribution in [0, 0.1) is 5.92 Å². The van der Waals surface area contributed by atoms with Crippen LogP contribution in [0.4, 0.5) is 0 Å². The summed E-state index contributed by atoms with van der Waals surface area (Å²) in [5.74, 6) is 0.978. The Kier molecular flexibility index (Phi) is 4.76. The van der Waals surface area contributed by atoms with E-state index in [4.69, 9.17) is 0 Å². The number of phenols is 2. The topological polar surface area (TPSA) is 40.5 Å². The second kappa shape index (κ2) is 6.38. The molecule has 0 bridgehead atoms. The lowest BCUT2D eigenvalue weighted by atomic mass is 9.73. The van der Waals surface area contributed by atoms with Gasteiger partial charge >= 0.3 is 0 Å². The van der Waals surface area contributed by atoms with E-state index in [1.54, 1.807) is 6.07 Å². The molecular weight excluding hydrogens is 260 g/mol. The summed E-state index contributed by atoms with van der Waals surface area (Å²) in [5, 5.41) is 20.6. The second-order valence-electron chi connectivity index (χ2n) is 6.28. The fourth-order valence-electron chi connectivity index (χ4n) is 3.34. The quantitative estimate of drug-likeness (QED) is 0.759. The Labute approximate surface area is 127 Å². The highest BCUT2D eigenvalue weighted by molar-refractivity contribution is 5.52. The molecule has 2 nitrogen and oxygen atoms in total. The SMILES string of the molecule is C=C(C)[C@@H]1CCC(C)=C[C@H]1c1ccc(O)c(CCC)c1O. The molecule has 2 atom stereocenters. The standard InChI is InChI=1S/C19H26O2/c1-5-6-16-18(20)10-9-15(19(16)21)17-11-13(4)7-8-14(17)12(2)3/h9-11,14,17,20-21H,2,5-8H2,1,3-4H3/t14-,17+/m0/s1. The van der Waals surface area contributed by atoms with Gasteiger partial charge in [0.25, 0.3) is 0 Å². The lowest BCUT2D eigenvalue weighted by molar-refractivity contribution is 0.417. The number of hydrogen-bond acceptors (Lipinski definition) is 2. The maximum absolute atomic E-state index is 10.6. The molecule has 0 radical (unpaired) electrons. The van der Waals surface area contributed by atoms with Crippen molar-refractivity contribution in [2.45, 2.75) is 52.4 Å². The van der Waals surface area contributed by atoms with Gasteiger partial charge in [0.2, 0.25) is 0 Å². The van der Waals surface area contributed by atoms with Crippen LogP contribution in [0.15, 0.2) is 35.9 Å². The maximum atomic E-state index is 10.6. The minimum absolute atomic E-state index is 0.160. The van der Waals surface area contributed by atoms with E-state index in [-0.39, 0.29) is 17.4 Å². The van der Waals surface area contributed by atoms with Crippen LogP contribution >= 0.6 is 0 Å². The van der Waals surface area contributed by atoms with E-state index in [9.17, 15) is 10.2 Å². The van der Waals surface area contributed by atoms with Crippen molar-refractivity contribution in [3.63, 3.8) is 0 Å². The minimum atomic E-state index is 0.160. The van der Waals surface area contributed by atoms with E-state index in [1.807, 2.05) is 13.0 Å².